The van der Waals surface area contributed by atoms with Gasteiger partial charge in [-0.05, 0) is 18.6 Å². The molecule has 0 saturated carbocycles. The molecule has 156 valence electrons. The van der Waals surface area contributed by atoms with Crippen molar-refractivity contribution in [2.75, 3.05) is 47.8 Å². The van der Waals surface area contributed by atoms with E-state index in [1.165, 1.54) is 6.33 Å². The molecule has 0 amide bonds. The SMILES string of the molecule is O=[N+]([O-])c1c(NCCCn2ccnc2)ncnc1N1CCN(c2ccccn2)CC1. The van der Waals surface area contributed by atoms with Crippen molar-refractivity contribution in [2.45, 2.75) is 13.0 Å². The fourth-order valence-electron chi connectivity index (χ4n) is 3.47. The first-order valence-electron chi connectivity index (χ1n) is 9.82. The van der Waals surface area contributed by atoms with Crippen LogP contribution in [0.3, 0.4) is 0 Å². The second kappa shape index (κ2) is 9.16. The van der Waals surface area contributed by atoms with E-state index < -0.39 is 4.92 Å². The Bertz CT molecular complexity index is 957. The molecular formula is C19H23N9O2. The van der Waals surface area contributed by atoms with E-state index in [0.717, 1.165) is 18.8 Å². The minimum Gasteiger partial charge on any atom is -0.364 e. The van der Waals surface area contributed by atoms with E-state index in [2.05, 4.69) is 30.2 Å². The average molecular weight is 409 g/mol. The predicted molar refractivity (Wildman–Crippen MR) is 113 cm³/mol. The number of nitrogens with zero attached hydrogens (tertiary/aromatic N) is 8. The van der Waals surface area contributed by atoms with Crippen LogP contribution < -0.4 is 15.1 Å². The summed E-state index contributed by atoms with van der Waals surface area (Å²) in [6, 6.07) is 5.80. The maximum atomic E-state index is 11.8. The number of hydrogen-bond acceptors (Lipinski definition) is 9. The van der Waals surface area contributed by atoms with Crippen LogP contribution >= 0.6 is 0 Å². The molecule has 0 spiro atoms. The zero-order chi connectivity index (χ0) is 20.8. The van der Waals surface area contributed by atoms with E-state index in [4.69, 9.17) is 0 Å². The van der Waals surface area contributed by atoms with Crippen LogP contribution in [0, 0.1) is 10.1 Å². The first-order valence-corrected chi connectivity index (χ1v) is 9.82. The average Bonchev–Trinajstić information content (AvgIpc) is 3.31. The smallest absolute Gasteiger partial charge is 0.353 e. The van der Waals surface area contributed by atoms with E-state index in [0.29, 0.717) is 38.5 Å². The van der Waals surface area contributed by atoms with Crippen molar-refractivity contribution in [2.24, 2.45) is 0 Å². The molecule has 1 aliphatic rings. The van der Waals surface area contributed by atoms with Gasteiger partial charge in [-0.2, -0.15) is 0 Å². The summed E-state index contributed by atoms with van der Waals surface area (Å²) >= 11 is 0. The van der Waals surface area contributed by atoms with Crippen LogP contribution in [0.4, 0.5) is 23.1 Å². The van der Waals surface area contributed by atoms with Crippen molar-refractivity contribution in [3.8, 4) is 0 Å². The fraction of sp³-hybridized carbons (Fsp3) is 0.368. The van der Waals surface area contributed by atoms with Gasteiger partial charge >= 0.3 is 5.69 Å². The number of hydrogen-bond donors (Lipinski definition) is 1. The number of anilines is 3. The summed E-state index contributed by atoms with van der Waals surface area (Å²) in [6.07, 6.45) is 9.29. The Labute approximate surface area is 173 Å². The second-order valence-corrected chi connectivity index (χ2v) is 6.89. The van der Waals surface area contributed by atoms with Gasteiger partial charge in [0.15, 0.2) is 0 Å². The van der Waals surface area contributed by atoms with Gasteiger partial charge < -0.3 is 19.7 Å². The lowest BCUT2D eigenvalue weighted by atomic mass is 10.2. The van der Waals surface area contributed by atoms with Crippen molar-refractivity contribution in [1.82, 2.24) is 24.5 Å². The largest absolute Gasteiger partial charge is 0.364 e. The van der Waals surface area contributed by atoms with E-state index in [9.17, 15) is 10.1 Å². The molecule has 0 atom stereocenters. The van der Waals surface area contributed by atoms with E-state index in [1.807, 2.05) is 33.9 Å². The third-order valence-electron chi connectivity index (χ3n) is 4.98. The molecule has 4 rings (SSSR count). The zero-order valence-electron chi connectivity index (χ0n) is 16.5. The summed E-state index contributed by atoms with van der Waals surface area (Å²) < 4.78 is 1.96. The number of imidazole rings is 1. The summed E-state index contributed by atoms with van der Waals surface area (Å²) in [7, 11) is 0. The third kappa shape index (κ3) is 4.45. The Morgan fingerprint density at radius 2 is 1.90 bits per heavy atom. The van der Waals surface area contributed by atoms with Crippen molar-refractivity contribution in [1.29, 1.82) is 0 Å². The van der Waals surface area contributed by atoms with Crippen molar-refractivity contribution < 1.29 is 4.92 Å². The minimum absolute atomic E-state index is 0.0774. The summed E-state index contributed by atoms with van der Waals surface area (Å²) in [6.45, 7) is 4.00. The molecule has 0 unspecified atom stereocenters. The molecule has 0 aliphatic carbocycles. The molecule has 1 fully saturated rings. The van der Waals surface area contributed by atoms with Crippen LogP contribution in [0.15, 0.2) is 49.4 Å². The zero-order valence-corrected chi connectivity index (χ0v) is 16.5. The molecule has 1 N–H and O–H groups in total. The molecule has 3 aromatic heterocycles. The molecule has 3 aromatic rings. The lowest BCUT2D eigenvalue weighted by Gasteiger charge is -2.35. The van der Waals surface area contributed by atoms with E-state index in [-0.39, 0.29) is 11.5 Å². The Morgan fingerprint density at radius 3 is 2.60 bits per heavy atom. The maximum Gasteiger partial charge on any atom is 0.353 e. The molecular weight excluding hydrogens is 386 g/mol. The Balaban J connectivity index is 1.42. The predicted octanol–water partition coefficient (Wildman–Crippen LogP) is 1.81. The molecule has 11 nitrogen and oxygen atoms in total. The van der Waals surface area contributed by atoms with Crippen LogP contribution in [-0.2, 0) is 6.54 Å². The lowest BCUT2D eigenvalue weighted by Crippen LogP contribution is -2.47. The summed E-state index contributed by atoms with van der Waals surface area (Å²) in [5, 5.41) is 14.9. The number of nitrogens with one attached hydrogen (secondary N) is 1. The highest BCUT2D eigenvalue weighted by molar-refractivity contribution is 5.70. The number of aryl methyl sites for hydroxylation is 1. The van der Waals surface area contributed by atoms with Gasteiger partial charge in [0.1, 0.15) is 12.1 Å². The van der Waals surface area contributed by atoms with Crippen LogP contribution in [0.2, 0.25) is 0 Å². The highest BCUT2D eigenvalue weighted by Gasteiger charge is 2.29. The minimum atomic E-state index is -0.404. The molecule has 0 radical (unpaired) electrons. The number of aromatic nitrogens is 5. The highest BCUT2D eigenvalue weighted by Crippen LogP contribution is 2.32. The topological polar surface area (TPSA) is 118 Å². The molecule has 0 aromatic carbocycles. The highest BCUT2D eigenvalue weighted by atomic mass is 16.6. The van der Waals surface area contributed by atoms with Gasteiger partial charge in [0.05, 0.1) is 11.3 Å². The van der Waals surface area contributed by atoms with E-state index in [1.54, 1.807) is 18.7 Å². The van der Waals surface area contributed by atoms with Gasteiger partial charge in [-0.1, -0.05) is 6.07 Å². The maximum absolute atomic E-state index is 11.8. The van der Waals surface area contributed by atoms with Crippen LogP contribution in [0.5, 0.6) is 0 Å². The Hall–Kier alpha value is -3.76. The molecule has 4 heterocycles. The summed E-state index contributed by atoms with van der Waals surface area (Å²) in [5.41, 5.74) is -0.0774. The van der Waals surface area contributed by atoms with Gasteiger partial charge in [0.25, 0.3) is 0 Å². The first kappa shape index (κ1) is 19.6. The molecule has 11 heteroatoms. The number of piperazine rings is 1. The Kier molecular flexibility index (Phi) is 5.97. The van der Waals surface area contributed by atoms with Gasteiger partial charge in [-0.3, -0.25) is 10.1 Å². The molecule has 0 bridgehead atoms. The Morgan fingerprint density at radius 1 is 1.07 bits per heavy atom. The standard InChI is InChI=1S/C19H23N9O2/c29-28(30)17-18(22-6-3-8-25-9-7-20-15-25)23-14-24-19(17)27-12-10-26(11-13-27)16-4-1-2-5-21-16/h1-2,4-5,7,9,14-15H,3,6,8,10-13H2,(H,22,23,24). The van der Waals surface area contributed by atoms with Gasteiger partial charge in [-0.25, -0.2) is 19.9 Å². The third-order valence-corrected chi connectivity index (χ3v) is 4.98. The molecule has 1 saturated heterocycles. The summed E-state index contributed by atoms with van der Waals surface area (Å²) in [4.78, 5) is 32.3. The van der Waals surface area contributed by atoms with Gasteiger partial charge in [-0.15, -0.1) is 0 Å². The van der Waals surface area contributed by atoms with E-state index >= 15 is 0 Å². The molecule has 1 aliphatic heterocycles. The van der Waals surface area contributed by atoms with Crippen LogP contribution in [0.1, 0.15) is 6.42 Å². The fourth-order valence-corrected chi connectivity index (χ4v) is 3.47. The quantitative estimate of drug-likeness (QED) is 0.337. The van der Waals surface area contributed by atoms with Crippen molar-refractivity contribution in [3.63, 3.8) is 0 Å². The van der Waals surface area contributed by atoms with Crippen LogP contribution in [-0.4, -0.2) is 62.2 Å². The van der Waals surface area contributed by atoms with Crippen LogP contribution in [0.25, 0.3) is 0 Å². The lowest BCUT2D eigenvalue weighted by molar-refractivity contribution is -0.383. The molecule has 30 heavy (non-hydrogen) atoms. The van der Waals surface area contributed by atoms with Crippen molar-refractivity contribution in [3.05, 3.63) is 59.6 Å². The second-order valence-electron chi connectivity index (χ2n) is 6.89. The summed E-state index contributed by atoms with van der Waals surface area (Å²) in [5.74, 6) is 1.52. The first-order chi connectivity index (χ1) is 14.7. The number of rotatable bonds is 8. The monoisotopic (exact) mass is 409 g/mol. The van der Waals surface area contributed by atoms with Crippen molar-refractivity contribution >= 4 is 23.1 Å². The van der Waals surface area contributed by atoms with Gasteiger partial charge in [0, 0.05) is 57.9 Å². The van der Waals surface area contributed by atoms with Gasteiger partial charge in [0.2, 0.25) is 11.6 Å². The number of nitro groups is 1. The normalized spacial score (nSPS) is 14.0. The number of pyridine rings is 1.